The summed E-state index contributed by atoms with van der Waals surface area (Å²) in [5.74, 6) is -2.82. The smallest absolute Gasteiger partial charge is 0.408 e. The fourth-order valence-electron chi connectivity index (χ4n) is 7.67. The predicted octanol–water partition coefficient (Wildman–Crippen LogP) is 5.27. The number of aliphatic hydroxyl groups excluding tert-OH is 1. The Morgan fingerprint density at radius 3 is 2.05 bits per heavy atom. The van der Waals surface area contributed by atoms with Crippen molar-refractivity contribution in [3.05, 3.63) is 71.8 Å². The number of rotatable bonds is 9. The quantitative estimate of drug-likeness (QED) is 0.189. The van der Waals surface area contributed by atoms with Crippen molar-refractivity contribution < 1.29 is 34.1 Å². The van der Waals surface area contributed by atoms with Crippen LogP contribution in [0.5, 0.6) is 0 Å². The molecule has 2 aromatic rings. The van der Waals surface area contributed by atoms with Gasteiger partial charge in [-0.3, -0.25) is 14.5 Å². The molecule has 1 aliphatic heterocycles. The zero-order chi connectivity index (χ0) is 32.2. The van der Waals surface area contributed by atoms with Crippen molar-refractivity contribution in [3.8, 4) is 0 Å². The molecule has 2 aliphatic carbocycles. The Bertz CT molecular complexity index is 1520. The van der Waals surface area contributed by atoms with Crippen LogP contribution in [0, 0.1) is 16.7 Å². The van der Waals surface area contributed by atoms with Crippen molar-refractivity contribution >= 4 is 51.0 Å². The van der Waals surface area contributed by atoms with Gasteiger partial charge in [0.2, 0.25) is 11.8 Å². The summed E-state index contributed by atoms with van der Waals surface area (Å²) in [5, 5.41) is 24.1. The van der Waals surface area contributed by atoms with E-state index in [0.717, 1.165) is 22.3 Å². The van der Waals surface area contributed by atoms with Crippen LogP contribution in [-0.4, -0.2) is 67.6 Å². The molecule has 3 amide bonds. The minimum absolute atomic E-state index is 0.0872. The molecule has 3 aliphatic rings. The first-order valence-corrected chi connectivity index (χ1v) is 15.7. The number of alkyl halides is 1. The molecule has 1 saturated heterocycles. The molecule has 6 atom stereocenters. The highest BCUT2D eigenvalue weighted by Gasteiger charge is 2.85. The van der Waals surface area contributed by atoms with Crippen molar-refractivity contribution in [2.24, 2.45) is 16.7 Å². The molecular weight excluding hydrogens is 628 g/mol. The zero-order valence-corrected chi connectivity index (χ0v) is 27.2. The summed E-state index contributed by atoms with van der Waals surface area (Å²) in [5.41, 5.74) is 0.493. The number of hydrogen-bond donors (Lipinski definition) is 3. The van der Waals surface area contributed by atoms with Gasteiger partial charge >= 0.3 is 12.1 Å². The van der Waals surface area contributed by atoms with E-state index in [0.29, 0.717) is 12.8 Å². The minimum atomic E-state index is -1.38. The van der Waals surface area contributed by atoms with Crippen molar-refractivity contribution in [1.29, 1.82) is 0 Å². The van der Waals surface area contributed by atoms with Gasteiger partial charge in [-0.05, 0) is 62.3 Å². The first-order chi connectivity index (χ1) is 20.6. The summed E-state index contributed by atoms with van der Waals surface area (Å²) < 4.78 is 3.80. The Morgan fingerprint density at radius 1 is 0.977 bits per heavy atom. The number of carboxylic acid groups (broad SMARTS) is 1. The maximum absolute atomic E-state index is 14.3. The van der Waals surface area contributed by atoms with Crippen LogP contribution in [0.3, 0.4) is 0 Å². The van der Waals surface area contributed by atoms with E-state index in [4.69, 9.17) is 4.74 Å². The van der Waals surface area contributed by atoms with Crippen LogP contribution >= 0.6 is 15.9 Å². The van der Waals surface area contributed by atoms with Gasteiger partial charge in [0.15, 0.2) is 0 Å². The van der Waals surface area contributed by atoms with Crippen LogP contribution in [-0.2, 0) is 19.1 Å². The summed E-state index contributed by atoms with van der Waals surface area (Å²) in [6.45, 7) is 8.90. The first kappa shape index (κ1) is 31.9. The third kappa shape index (κ3) is 4.68. The van der Waals surface area contributed by atoms with E-state index in [1.165, 1.54) is 4.90 Å². The second kappa shape index (κ2) is 11.1. The lowest BCUT2D eigenvalue weighted by Gasteiger charge is -2.42. The first-order valence-electron chi connectivity index (χ1n) is 14.9. The molecule has 5 rings (SSSR count). The number of fused-ring (bicyclic) bond motifs is 5. The van der Waals surface area contributed by atoms with Gasteiger partial charge in [0.25, 0.3) is 0 Å². The normalized spacial score (nSPS) is 30.0. The molecule has 2 bridgehead atoms. The number of nitrogens with zero attached hydrogens (tertiary/aromatic N) is 1. The number of alkyl carbamates (subject to hydrolysis) is 1. The summed E-state index contributed by atoms with van der Waals surface area (Å²) in [4.78, 5) is 53.7. The molecule has 2 aromatic carbocycles. The molecule has 1 heterocycles. The molecule has 5 unspecified atom stereocenters. The lowest BCUT2D eigenvalue weighted by Crippen LogP contribution is -2.51. The average Bonchev–Trinajstić information content (AvgIpc) is 3.34. The standard InChI is InChI=1S/C34H39BrN2O7/c1-31(2,3)44-30(43)36-22(27(39)40)18-12-13-19-37-26(38)25-32(4)23(20-14-8-6-9-15-20)24(21-16-10-7-11-17-21)33(5,28(32)41)34(25,35)29(37)42/h6-11,14-17,22,25,28,41H,12-13,18-19H2,1-5H3,(H,36,43)(H,39,40)/t22-,25?,28?,32?,33?,34?/m0/s1. The highest BCUT2D eigenvalue weighted by atomic mass is 79.9. The average molecular weight is 668 g/mol. The number of ether oxygens (including phenoxy) is 1. The van der Waals surface area contributed by atoms with Gasteiger partial charge in [0, 0.05) is 17.4 Å². The minimum Gasteiger partial charge on any atom is -0.480 e. The number of benzene rings is 2. The molecule has 3 N–H and O–H groups in total. The Morgan fingerprint density at radius 2 is 1.52 bits per heavy atom. The van der Waals surface area contributed by atoms with Crippen molar-refractivity contribution in [1.82, 2.24) is 10.2 Å². The van der Waals surface area contributed by atoms with Crippen LogP contribution in [0.4, 0.5) is 4.79 Å². The number of halogens is 1. The Balaban J connectivity index is 1.42. The highest BCUT2D eigenvalue weighted by molar-refractivity contribution is 9.10. The molecule has 0 spiro atoms. The molecule has 9 nitrogen and oxygen atoms in total. The molecular formula is C34H39BrN2O7. The Labute approximate surface area is 265 Å². The lowest BCUT2D eigenvalue weighted by atomic mass is 9.63. The number of unbranched alkanes of at least 4 members (excludes halogenated alkanes) is 1. The number of nitrogens with one attached hydrogen (secondary N) is 1. The van der Waals surface area contributed by atoms with Gasteiger partial charge in [0.1, 0.15) is 16.0 Å². The van der Waals surface area contributed by atoms with Crippen LogP contribution in [0.15, 0.2) is 60.7 Å². The van der Waals surface area contributed by atoms with Crippen LogP contribution < -0.4 is 5.32 Å². The maximum Gasteiger partial charge on any atom is 0.408 e. The third-order valence-corrected chi connectivity index (χ3v) is 11.1. The van der Waals surface area contributed by atoms with E-state index in [1.54, 1.807) is 20.8 Å². The predicted molar refractivity (Wildman–Crippen MR) is 168 cm³/mol. The van der Waals surface area contributed by atoms with Gasteiger partial charge in [-0.2, -0.15) is 0 Å². The second-order valence-electron chi connectivity index (χ2n) is 13.3. The van der Waals surface area contributed by atoms with E-state index in [1.807, 2.05) is 74.5 Å². The number of hydrogen-bond acceptors (Lipinski definition) is 6. The van der Waals surface area contributed by atoms with Crippen LogP contribution in [0.1, 0.15) is 65.0 Å². The topological polar surface area (TPSA) is 133 Å². The van der Waals surface area contributed by atoms with E-state index >= 15 is 0 Å². The van der Waals surface area contributed by atoms with Gasteiger partial charge in [-0.25, -0.2) is 9.59 Å². The van der Waals surface area contributed by atoms with Crippen molar-refractivity contribution in [2.75, 3.05) is 6.54 Å². The molecule has 0 aromatic heterocycles. The van der Waals surface area contributed by atoms with Gasteiger partial charge in [-0.15, -0.1) is 0 Å². The molecule has 10 heteroatoms. The molecule has 0 radical (unpaired) electrons. The number of imide groups is 1. The van der Waals surface area contributed by atoms with E-state index in [9.17, 15) is 29.4 Å². The van der Waals surface area contributed by atoms with Crippen molar-refractivity contribution in [2.45, 2.75) is 76.0 Å². The number of likely N-dealkylation sites (tertiary alicyclic amines) is 1. The number of aliphatic hydroxyl groups is 1. The number of carbonyl (C=O) groups is 4. The van der Waals surface area contributed by atoms with E-state index in [-0.39, 0.29) is 18.9 Å². The maximum atomic E-state index is 14.3. The number of carboxylic acids is 1. The van der Waals surface area contributed by atoms with Gasteiger partial charge in [0.05, 0.1) is 12.0 Å². The van der Waals surface area contributed by atoms with E-state index < -0.39 is 56.8 Å². The van der Waals surface area contributed by atoms with Gasteiger partial charge < -0.3 is 20.3 Å². The Kier molecular flexibility index (Phi) is 8.08. The summed E-state index contributed by atoms with van der Waals surface area (Å²) >= 11 is 3.80. The molecule has 2 fully saturated rings. The van der Waals surface area contributed by atoms with E-state index in [2.05, 4.69) is 21.2 Å². The van der Waals surface area contributed by atoms with Crippen LogP contribution in [0.2, 0.25) is 0 Å². The molecule has 1 saturated carbocycles. The fraction of sp³-hybridized carbons (Fsp3) is 0.471. The summed E-state index contributed by atoms with van der Waals surface area (Å²) in [6, 6.07) is 18.2. The molecule has 234 valence electrons. The Hall–Kier alpha value is -3.50. The number of carbonyl (C=O) groups excluding carboxylic acids is 3. The monoisotopic (exact) mass is 666 g/mol. The fourth-order valence-corrected chi connectivity index (χ4v) is 8.97. The largest absolute Gasteiger partial charge is 0.480 e. The summed E-state index contributed by atoms with van der Waals surface area (Å²) in [7, 11) is 0. The SMILES string of the molecule is CC(C)(C)OC(=O)N[C@@H](CCCCN1C(=O)C2C3(C)C(c4ccccc4)=C(c4ccccc4)C(C)(C3O)C2(Br)C1=O)C(=O)O. The molecule has 44 heavy (non-hydrogen) atoms. The third-order valence-electron chi connectivity index (χ3n) is 9.48. The zero-order valence-electron chi connectivity index (χ0n) is 25.6. The number of aliphatic carboxylic acids is 1. The lowest BCUT2D eigenvalue weighted by molar-refractivity contribution is -0.143. The van der Waals surface area contributed by atoms with Crippen LogP contribution in [0.25, 0.3) is 11.1 Å². The highest BCUT2D eigenvalue weighted by Crippen LogP contribution is 2.79. The van der Waals surface area contributed by atoms with Gasteiger partial charge in [-0.1, -0.05) is 90.4 Å². The number of amides is 3. The van der Waals surface area contributed by atoms with Crippen molar-refractivity contribution in [3.63, 3.8) is 0 Å². The summed E-state index contributed by atoms with van der Waals surface area (Å²) in [6.07, 6.45) is -1.07. The second-order valence-corrected chi connectivity index (χ2v) is 14.6.